The molecule has 4 heterocycles. The van der Waals surface area contributed by atoms with Crippen LogP contribution in [0.4, 0.5) is 0 Å². The van der Waals surface area contributed by atoms with Gasteiger partial charge in [0.05, 0.1) is 0 Å². The summed E-state index contributed by atoms with van der Waals surface area (Å²) in [7, 11) is 0. The van der Waals surface area contributed by atoms with Gasteiger partial charge in [0.15, 0.2) is 0 Å². The number of H-pyrrole nitrogens is 1. The molecule has 2 N–H and O–H groups in total. The van der Waals surface area contributed by atoms with Gasteiger partial charge in [-0.25, -0.2) is 0 Å². The van der Waals surface area contributed by atoms with E-state index in [0.29, 0.717) is 5.92 Å². The molecular formula is C14H18ClN3O2. The lowest BCUT2D eigenvalue weighted by Crippen LogP contribution is -2.42. The number of nitrogens with zero attached hydrogens (tertiary/aromatic N) is 1. The van der Waals surface area contributed by atoms with Crippen LogP contribution in [0.5, 0.6) is 0 Å². The van der Waals surface area contributed by atoms with Gasteiger partial charge in [-0.3, -0.25) is 9.59 Å². The number of aromatic nitrogens is 1. The third kappa shape index (κ3) is 2.88. The van der Waals surface area contributed by atoms with E-state index in [9.17, 15) is 9.59 Å². The van der Waals surface area contributed by atoms with E-state index in [1.54, 1.807) is 0 Å². The van der Waals surface area contributed by atoms with Crippen LogP contribution in [0.1, 0.15) is 29.8 Å². The van der Waals surface area contributed by atoms with Crippen LogP contribution in [-0.4, -0.2) is 41.5 Å². The Labute approximate surface area is 122 Å². The molecule has 0 radical (unpaired) electrons. The molecule has 3 aliphatic heterocycles. The number of hydrogen-bond acceptors (Lipinski definition) is 3. The van der Waals surface area contributed by atoms with Crippen molar-refractivity contribution in [3.63, 3.8) is 0 Å². The SMILES string of the molecule is O=C(NC1CC2CCN(CC2)C1)c1cc(=O)c(Cl)c[nH]1. The number of piperidine rings is 1. The first kappa shape index (κ1) is 13.6. The highest BCUT2D eigenvalue weighted by atomic mass is 35.5. The van der Waals surface area contributed by atoms with E-state index < -0.39 is 0 Å². The monoisotopic (exact) mass is 295 g/mol. The van der Waals surface area contributed by atoms with Crippen LogP contribution in [0, 0.1) is 5.92 Å². The van der Waals surface area contributed by atoms with Crippen LogP contribution in [0.2, 0.25) is 5.02 Å². The van der Waals surface area contributed by atoms with Crippen molar-refractivity contribution in [1.29, 1.82) is 0 Å². The standard InChI is InChI=1S/C14H18ClN3O2/c15-11-7-16-12(6-13(11)19)14(20)17-10-5-9-1-3-18(8-10)4-2-9/h6-7,9-10H,1-5,8H2,(H,16,19)(H,17,20). The highest BCUT2D eigenvalue weighted by Crippen LogP contribution is 2.26. The number of halogens is 1. The maximum atomic E-state index is 12.2. The van der Waals surface area contributed by atoms with Gasteiger partial charge in [0.2, 0.25) is 5.43 Å². The Kier molecular flexibility index (Phi) is 3.81. The van der Waals surface area contributed by atoms with Gasteiger partial charge in [0.1, 0.15) is 10.7 Å². The van der Waals surface area contributed by atoms with Gasteiger partial charge < -0.3 is 15.2 Å². The molecular weight excluding hydrogens is 278 g/mol. The number of carbonyl (C=O) groups is 1. The molecule has 0 spiro atoms. The largest absolute Gasteiger partial charge is 0.356 e. The van der Waals surface area contributed by atoms with Gasteiger partial charge in [-0.1, -0.05) is 11.6 Å². The van der Waals surface area contributed by atoms with Crippen LogP contribution < -0.4 is 10.7 Å². The highest BCUT2D eigenvalue weighted by Gasteiger charge is 2.30. The molecule has 1 amide bonds. The third-order valence-corrected chi connectivity index (χ3v) is 4.54. The Morgan fingerprint density at radius 2 is 2.15 bits per heavy atom. The van der Waals surface area contributed by atoms with Crippen molar-refractivity contribution in [2.24, 2.45) is 5.92 Å². The average Bonchev–Trinajstić information content (AvgIpc) is 2.74. The lowest BCUT2D eigenvalue weighted by atomic mass is 9.94. The molecule has 3 fully saturated rings. The lowest BCUT2D eigenvalue weighted by Gasteiger charge is -2.26. The Bertz CT molecular complexity index is 550. The van der Waals surface area contributed by atoms with Gasteiger partial charge in [0, 0.05) is 24.8 Å². The lowest BCUT2D eigenvalue weighted by molar-refractivity contribution is 0.0923. The molecule has 1 unspecified atom stereocenters. The second kappa shape index (κ2) is 5.58. The van der Waals surface area contributed by atoms with E-state index in [0.717, 1.165) is 26.1 Å². The summed E-state index contributed by atoms with van der Waals surface area (Å²) in [6, 6.07) is 1.42. The summed E-state index contributed by atoms with van der Waals surface area (Å²) in [6.07, 6.45) is 4.84. The topological polar surface area (TPSA) is 65.2 Å². The number of rotatable bonds is 2. The van der Waals surface area contributed by atoms with E-state index in [1.807, 2.05) is 0 Å². The molecule has 0 aromatic carbocycles. The first-order valence-electron chi connectivity index (χ1n) is 7.03. The Morgan fingerprint density at radius 3 is 2.85 bits per heavy atom. The van der Waals surface area contributed by atoms with Crippen LogP contribution in [0.15, 0.2) is 17.1 Å². The Balaban J connectivity index is 1.69. The van der Waals surface area contributed by atoms with E-state index in [-0.39, 0.29) is 28.1 Å². The predicted octanol–water partition coefficient (Wildman–Crippen LogP) is 1.24. The number of amides is 1. The quantitative estimate of drug-likeness (QED) is 0.863. The van der Waals surface area contributed by atoms with Crippen molar-refractivity contribution in [1.82, 2.24) is 15.2 Å². The average molecular weight is 296 g/mol. The van der Waals surface area contributed by atoms with Crippen molar-refractivity contribution in [3.05, 3.63) is 33.2 Å². The molecule has 5 nitrogen and oxygen atoms in total. The first-order valence-corrected chi connectivity index (χ1v) is 7.41. The number of pyridine rings is 1. The fourth-order valence-electron chi connectivity index (χ4n) is 3.15. The molecule has 108 valence electrons. The fourth-order valence-corrected chi connectivity index (χ4v) is 3.26. The number of nitrogens with one attached hydrogen (secondary N) is 2. The molecule has 1 aromatic rings. The third-order valence-electron chi connectivity index (χ3n) is 4.25. The zero-order valence-corrected chi connectivity index (χ0v) is 11.9. The molecule has 3 aliphatic rings. The Morgan fingerprint density at radius 1 is 1.40 bits per heavy atom. The van der Waals surface area contributed by atoms with E-state index in [2.05, 4.69) is 15.2 Å². The van der Waals surface area contributed by atoms with Crippen LogP contribution in [0.3, 0.4) is 0 Å². The van der Waals surface area contributed by atoms with Crippen LogP contribution >= 0.6 is 11.6 Å². The van der Waals surface area contributed by atoms with E-state index in [1.165, 1.54) is 25.1 Å². The zero-order chi connectivity index (χ0) is 14.1. The van der Waals surface area contributed by atoms with Crippen molar-refractivity contribution < 1.29 is 4.79 Å². The summed E-state index contributed by atoms with van der Waals surface area (Å²) >= 11 is 5.66. The summed E-state index contributed by atoms with van der Waals surface area (Å²) in [5.74, 6) is 0.481. The fraction of sp³-hybridized carbons (Fsp3) is 0.571. The summed E-state index contributed by atoms with van der Waals surface area (Å²) in [6.45, 7) is 3.17. The molecule has 1 atom stereocenters. The second-order valence-electron chi connectivity index (χ2n) is 5.71. The predicted molar refractivity (Wildman–Crippen MR) is 77.1 cm³/mol. The number of fused-ring (bicyclic) bond motifs is 4. The smallest absolute Gasteiger partial charge is 0.268 e. The number of aromatic amines is 1. The summed E-state index contributed by atoms with van der Waals surface area (Å²) in [4.78, 5) is 28.8. The van der Waals surface area contributed by atoms with Crippen LogP contribution in [0.25, 0.3) is 0 Å². The second-order valence-corrected chi connectivity index (χ2v) is 6.12. The van der Waals surface area contributed by atoms with Crippen molar-refractivity contribution in [2.45, 2.75) is 25.3 Å². The minimum absolute atomic E-state index is 0.0974. The minimum atomic E-state index is -0.333. The van der Waals surface area contributed by atoms with Gasteiger partial charge in [-0.2, -0.15) is 0 Å². The van der Waals surface area contributed by atoms with Crippen molar-refractivity contribution in [3.8, 4) is 0 Å². The number of carbonyl (C=O) groups excluding carboxylic acids is 1. The maximum absolute atomic E-state index is 12.2. The molecule has 0 aliphatic carbocycles. The van der Waals surface area contributed by atoms with E-state index >= 15 is 0 Å². The molecule has 6 heteroatoms. The summed E-state index contributed by atoms with van der Waals surface area (Å²) in [5, 5.41) is 3.13. The zero-order valence-electron chi connectivity index (χ0n) is 11.2. The maximum Gasteiger partial charge on any atom is 0.268 e. The molecule has 2 bridgehead atoms. The minimum Gasteiger partial charge on any atom is -0.356 e. The normalized spacial score (nSPS) is 28.9. The van der Waals surface area contributed by atoms with Crippen molar-refractivity contribution >= 4 is 17.5 Å². The van der Waals surface area contributed by atoms with Gasteiger partial charge >= 0.3 is 0 Å². The van der Waals surface area contributed by atoms with E-state index in [4.69, 9.17) is 11.6 Å². The van der Waals surface area contributed by atoms with Crippen molar-refractivity contribution in [2.75, 3.05) is 19.6 Å². The van der Waals surface area contributed by atoms with Gasteiger partial charge in [-0.05, 0) is 38.3 Å². The molecule has 20 heavy (non-hydrogen) atoms. The van der Waals surface area contributed by atoms with Crippen LogP contribution in [-0.2, 0) is 0 Å². The molecule has 4 rings (SSSR count). The molecule has 1 aromatic heterocycles. The summed E-state index contributed by atoms with van der Waals surface area (Å²) in [5.41, 5.74) is -0.0637. The highest BCUT2D eigenvalue weighted by molar-refractivity contribution is 6.30. The number of hydrogen-bond donors (Lipinski definition) is 2. The van der Waals surface area contributed by atoms with Gasteiger partial charge in [-0.15, -0.1) is 0 Å². The molecule has 0 saturated carbocycles. The van der Waals surface area contributed by atoms with Gasteiger partial charge in [0.25, 0.3) is 5.91 Å². The summed E-state index contributed by atoms with van der Waals surface area (Å²) < 4.78 is 0. The molecule has 3 saturated heterocycles. The Hall–Kier alpha value is -1.33. The first-order chi connectivity index (χ1) is 9.61.